The zero-order valence-corrected chi connectivity index (χ0v) is 30.0. The van der Waals surface area contributed by atoms with E-state index in [2.05, 4.69) is 0 Å². The predicted molar refractivity (Wildman–Crippen MR) is 195 cm³/mol. The second kappa shape index (κ2) is 16.8. The number of carbonyl (C=O) groups excluding carboxylic acids is 5. The van der Waals surface area contributed by atoms with Crippen LogP contribution in [0.1, 0.15) is 51.8 Å². The Morgan fingerprint density at radius 3 is 1.17 bits per heavy atom. The quantitative estimate of drug-likeness (QED) is 0.0736. The third-order valence-corrected chi connectivity index (χ3v) is 14.8. The first-order valence-corrected chi connectivity index (χ1v) is 19.9. The van der Waals surface area contributed by atoms with Crippen molar-refractivity contribution >= 4 is 66.4 Å². The summed E-state index contributed by atoms with van der Waals surface area (Å²) in [6.07, 6.45) is 3.42. The van der Waals surface area contributed by atoms with Gasteiger partial charge < -0.3 is 23.2 Å². The maximum absolute atomic E-state index is 11.5. The van der Waals surface area contributed by atoms with Crippen molar-refractivity contribution in [3.8, 4) is 28.7 Å². The average Bonchev–Trinajstić information content (AvgIpc) is 3.19. The summed E-state index contributed by atoms with van der Waals surface area (Å²) in [7, 11) is -8.68. The fourth-order valence-electron chi connectivity index (χ4n) is 4.33. The van der Waals surface area contributed by atoms with Crippen LogP contribution in [0.15, 0.2) is 126 Å². The number of halogens is 1. The van der Waals surface area contributed by atoms with Crippen LogP contribution < -0.4 is 23.2 Å². The van der Waals surface area contributed by atoms with Gasteiger partial charge in [0.2, 0.25) is 7.58 Å². The smallest absolute Gasteiger partial charge is 0.440 e. The highest BCUT2D eigenvalue weighted by Crippen LogP contribution is 2.79. The Bertz CT molecular complexity index is 2050. The monoisotopic (exact) mass is 775 g/mol. The minimum atomic E-state index is -4.03. The number of benzene rings is 5. The third-order valence-electron chi connectivity index (χ3n) is 6.93. The molecule has 0 spiro atoms. The van der Waals surface area contributed by atoms with Crippen LogP contribution in [0.5, 0.6) is 28.7 Å². The van der Waals surface area contributed by atoms with Crippen LogP contribution in [0, 0.1) is 0 Å². The van der Waals surface area contributed by atoms with Crippen molar-refractivity contribution in [3.63, 3.8) is 0 Å². The molecular weight excluding hydrogens is 751 g/mol. The molecule has 52 heavy (non-hydrogen) atoms. The normalized spacial score (nSPS) is 16.7. The Labute approximate surface area is 304 Å². The highest BCUT2D eigenvalue weighted by Gasteiger charge is 2.56. The van der Waals surface area contributed by atoms with Gasteiger partial charge in [0.05, 0.1) is 0 Å². The topological polar surface area (TPSA) is 150 Å². The summed E-state index contributed by atoms with van der Waals surface area (Å²) in [4.78, 5) is 70.0. The maximum atomic E-state index is 11.5. The molecule has 6 rings (SSSR count). The SMILES string of the molecule is O=Cc1ccc(ON2P(Cl)N=P(Oc3ccc(C=O)cc3)(Oc3ccc(C=O)cc3)N(Oc3ccc(C=O)cc3)P2Oc2ccc(C=O)cc2)cc1. The minimum Gasteiger partial charge on any atom is -0.440 e. The fourth-order valence-corrected chi connectivity index (χ4v) is 12.5. The van der Waals surface area contributed by atoms with E-state index in [0.717, 1.165) is 0 Å². The molecule has 0 radical (unpaired) electrons. The highest BCUT2D eigenvalue weighted by molar-refractivity contribution is 7.91. The van der Waals surface area contributed by atoms with Crippen molar-refractivity contribution < 1.29 is 47.2 Å². The summed E-state index contributed by atoms with van der Waals surface area (Å²) in [5.41, 5.74) is 1.97. The Morgan fingerprint density at radius 1 is 0.481 bits per heavy atom. The first-order chi connectivity index (χ1) is 25.3. The molecule has 1 heterocycles. The van der Waals surface area contributed by atoms with Crippen LogP contribution in [0.3, 0.4) is 0 Å². The van der Waals surface area contributed by atoms with E-state index in [1.807, 2.05) is 0 Å². The van der Waals surface area contributed by atoms with E-state index in [9.17, 15) is 24.0 Å². The second-order valence-corrected chi connectivity index (χ2v) is 16.7. The maximum Gasteiger partial charge on any atom is 0.445 e. The zero-order valence-electron chi connectivity index (χ0n) is 26.6. The first kappa shape index (κ1) is 36.5. The summed E-state index contributed by atoms with van der Waals surface area (Å²) in [5.74, 6) is 1.21. The summed E-state index contributed by atoms with van der Waals surface area (Å²) >= 11 is 7.11. The molecule has 0 fully saturated rings. The van der Waals surface area contributed by atoms with Crippen molar-refractivity contribution in [2.45, 2.75) is 0 Å². The molecule has 0 amide bonds. The number of aldehydes is 5. The molecule has 5 aromatic rings. The standard InChI is InChI=1S/C35H25ClN3O10P3/c36-50-37-52(48-34-17-7-29(24-43)8-18-34,49-35-19-9-30(25-44)10-20-35)39(46-32-13-3-27(22-41)4-14-32)51(47-33-15-5-28(23-42)6-16-33)38(50)45-31-11-1-26(21-40)2-12-31/h1-25H. The van der Waals surface area contributed by atoms with Gasteiger partial charge in [-0.25, -0.2) is 0 Å². The molecular formula is C35H25ClN3O10P3. The lowest BCUT2D eigenvalue weighted by Gasteiger charge is -2.43. The van der Waals surface area contributed by atoms with Gasteiger partial charge in [-0.05, 0) is 137 Å². The van der Waals surface area contributed by atoms with Gasteiger partial charge in [0, 0.05) is 32.4 Å². The van der Waals surface area contributed by atoms with Gasteiger partial charge in [0.1, 0.15) is 60.2 Å². The number of rotatable bonds is 15. The molecule has 0 bridgehead atoms. The molecule has 0 aliphatic carbocycles. The van der Waals surface area contributed by atoms with E-state index in [1.54, 1.807) is 121 Å². The van der Waals surface area contributed by atoms with Crippen LogP contribution in [0.25, 0.3) is 0 Å². The summed E-state index contributed by atoms with van der Waals surface area (Å²) in [6.45, 7) is 0. The van der Waals surface area contributed by atoms with Crippen molar-refractivity contribution in [1.29, 1.82) is 0 Å². The lowest BCUT2D eigenvalue weighted by atomic mass is 10.2. The van der Waals surface area contributed by atoms with E-state index in [-0.39, 0.29) is 28.7 Å². The molecule has 2 atom stereocenters. The van der Waals surface area contributed by atoms with E-state index in [0.29, 0.717) is 59.2 Å². The van der Waals surface area contributed by atoms with Crippen LogP contribution >= 0.6 is 34.9 Å². The Morgan fingerprint density at radius 2 is 0.808 bits per heavy atom. The lowest BCUT2D eigenvalue weighted by molar-refractivity contribution is 0.0598. The fraction of sp³-hybridized carbons (Fsp3) is 0. The molecule has 5 aromatic carbocycles. The molecule has 1 aliphatic rings. The summed E-state index contributed by atoms with van der Waals surface area (Å²) in [6, 6.07) is 31.0. The highest BCUT2D eigenvalue weighted by atomic mass is 35.7. The second-order valence-electron chi connectivity index (χ2n) is 10.5. The van der Waals surface area contributed by atoms with Crippen molar-refractivity contribution in [1.82, 2.24) is 9.21 Å². The molecule has 0 N–H and O–H groups in total. The van der Waals surface area contributed by atoms with Gasteiger partial charge in [-0.1, -0.05) is 0 Å². The van der Waals surface area contributed by atoms with E-state index in [1.165, 1.54) is 9.21 Å². The molecule has 262 valence electrons. The number of hydrogen-bond acceptors (Lipinski definition) is 13. The van der Waals surface area contributed by atoms with E-state index < -0.39 is 23.7 Å². The largest absolute Gasteiger partial charge is 0.445 e. The van der Waals surface area contributed by atoms with Crippen LogP contribution in [0.4, 0.5) is 0 Å². The van der Waals surface area contributed by atoms with Crippen molar-refractivity contribution in [3.05, 3.63) is 149 Å². The van der Waals surface area contributed by atoms with Gasteiger partial charge in [-0.3, -0.25) is 24.0 Å². The zero-order chi connectivity index (χ0) is 36.5. The van der Waals surface area contributed by atoms with Gasteiger partial charge in [0.15, 0.2) is 0 Å². The summed E-state index contributed by atoms with van der Waals surface area (Å²) < 4.78 is 27.2. The lowest BCUT2D eigenvalue weighted by Crippen LogP contribution is -2.35. The molecule has 17 heteroatoms. The van der Waals surface area contributed by atoms with Gasteiger partial charge in [0.25, 0.3) is 0 Å². The molecule has 0 saturated heterocycles. The number of carbonyl (C=O) groups is 5. The van der Waals surface area contributed by atoms with Crippen molar-refractivity contribution in [2.24, 2.45) is 4.52 Å². The van der Waals surface area contributed by atoms with Crippen LogP contribution in [0.2, 0.25) is 0 Å². The molecule has 2 unspecified atom stereocenters. The van der Waals surface area contributed by atoms with Crippen LogP contribution in [-0.4, -0.2) is 40.6 Å². The molecule has 0 aromatic heterocycles. The molecule has 0 saturated carbocycles. The van der Waals surface area contributed by atoms with Crippen LogP contribution in [-0.2, 0) is 0 Å². The Kier molecular flexibility index (Phi) is 11.8. The predicted octanol–water partition coefficient (Wildman–Crippen LogP) is 9.53. The Balaban J connectivity index is 1.55. The van der Waals surface area contributed by atoms with Gasteiger partial charge in [-0.2, -0.15) is 4.52 Å². The Hall–Kier alpha value is -5.25. The summed E-state index contributed by atoms with van der Waals surface area (Å²) in [5, 5.41) is 0. The van der Waals surface area contributed by atoms with E-state index >= 15 is 0 Å². The average molecular weight is 776 g/mol. The number of hydrogen-bond donors (Lipinski definition) is 0. The first-order valence-electron chi connectivity index (χ1n) is 15.0. The number of nitrogens with zero attached hydrogens (tertiary/aromatic N) is 3. The molecule has 1 aliphatic heterocycles. The molecule has 13 nitrogen and oxygen atoms in total. The van der Waals surface area contributed by atoms with Crippen molar-refractivity contribution in [2.75, 3.05) is 0 Å². The van der Waals surface area contributed by atoms with Gasteiger partial charge in [-0.15, -0.1) is 0 Å². The van der Waals surface area contributed by atoms with E-state index in [4.69, 9.17) is 39.0 Å². The third kappa shape index (κ3) is 8.61. The minimum absolute atomic E-state index is 0.216. The van der Waals surface area contributed by atoms with Gasteiger partial charge >= 0.3 is 16.1 Å².